The number of hydrogen-bond acceptors (Lipinski definition) is 4. The van der Waals surface area contributed by atoms with E-state index in [4.69, 9.17) is 9.47 Å². The molecule has 0 aliphatic rings. The monoisotopic (exact) mass is 444 g/mol. The molecule has 2 aromatic carbocycles. The number of carbonyl (C=O) groups is 1. The SMILES string of the molecule is CCCCCCCCOc1ccc(C(=O)Oc2ccc([S+]([O-])CCCCC)cc2)cc1. The van der Waals surface area contributed by atoms with E-state index in [-0.39, 0.29) is 0 Å². The molecule has 0 spiro atoms. The van der Waals surface area contributed by atoms with E-state index in [0.29, 0.717) is 23.7 Å². The highest BCUT2D eigenvalue weighted by atomic mass is 32.2. The summed E-state index contributed by atoms with van der Waals surface area (Å²) in [5, 5.41) is 0. The molecule has 2 aromatic rings. The van der Waals surface area contributed by atoms with Crippen molar-refractivity contribution in [1.29, 1.82) is 0 Å². The van der Waals surface area contributed by atoms with Crippen LogP contribution in [0.2, 0.25) is 0 Å². The quantitative estimate of drug-likeness (QED) is 0.129. The molecule has 0 aliphatic heterocycles. The Balaban J connectivity index is 1.75. The topological polar surface area (TPSA) is 58.6 Å². The van der Waals surface area contributed by atoms with Gasteiger partial charge in [-0.25, -0.2) is 4.79 Å². The van der Waals surface area contributed by atoms with E-state index in [1.165, 1.54) is 32.1 Å². The summed E-state index contributed by atoms with van der Waals surface area (Å²) in [6.45, 7) is 5.04. The number of unbranched alkanes of at least 4 members (excludes halogenated alkanes) is 7. The Morgan fingerprint density at radius 2 is 1.35 bits per heavy atom. The molecular weight excluding hydrogens is 408 g/mol. The van der Waals surface area contributed by atoms with Crippen LogP contribution in [0.15, 0.2) is 53.4 Å². The van der Waals surface area contributed by atoms with Gasteiger partial charge in [-0.05, 0) is 79.0 Å². The van der Waals surface area contributed by atoms with Gasteiger partial charge in [0.1, 0.15) is 17.3 Å². The smallest absolute Gasteiger partial charge is 0.343 e. The number of hydrogen-bond donors (Lipinski definition) is 0. The molecule has 0 heterocycles. The van der Waals surface area contributed by atoms with Gasteiger partial charge in [-0.1, -0.05) is 52.4 Å². The summed E-state index contributed by atoms with van der Waals surface area (Å²) in [5.74, 6) is 1.46. The summed E-state index contributed by atoms with van der Waals surface area (Å²) in [6.07, 6.45) is 10.5. The lowest BCUT2D eigenvalue weighted by atomic mass is 10.1. The van der Waals surface area contributed by atoms with E-state index < -0.39 is 17.1 Å². The van der Waals surface area contributed by atoms with E-state index in [9.17, 15) is 9.35 Å². The summed E-state index contributed by atoms with van der Waals surface area (Å²) < 4.78 is 23.4. The van der Waals surface area contributed by atoms with Crippen molar-refractivity contribution in [2.75, 3.05) is 12.4 Å². The maximum absolute atomic E-state index is 12.4. The summed E-state index contributed by atoms with van der Waals surface area (Å²) in [6, 6.07) is 14.0. The van der Waals surface area contributed by atoms with Gasteiger partial charge in [0, 0.05) is 0 Å². The molecule has 0 fully saturated rings. The van der Waals surface area contributed by atoms with E-state index in [1.54, 1.807) is 48.5 Å². The summed E-state index contributed by atoms with van der Waals surface area (Å²) in [4.78, 5) is 13.1. The van der Waals surface area contributed by atoms with E-state index in [0.717, 1.165) is 36.3 Å². The van der Waals surface area contributed by atoms with Gasteiger partial charge in [0.15, 0.2) is 4.90 Å². The highest BCUT2D eigenvalue weighted by Crippen LogP contribution is 2.20. The van der Waals surface area contributed by atoms with Gasteiger partial charge >= 0.3 is 5.97 Å². The molecule has 0 N–H and O–H groups in total. The highest BCUT2D eigenvalue weighted by molar-refractivity contribution is 7.91. The fourth-order valence-corrected chi connectivity index (χ4v) is 4.33. The third-order valence-electron chi connectivity index (χ3n) is 5.09. The average Bonchev–Trinajstić information content (AvgIpc) is 2.79. The van der Waals surface area contributed by atoms with Crippen LogP contribution in [0.4, 0.5) is 0 Å². The predicted molar refractivity (Wildman–Crippen MR) is 128 cm³/mol. The predicted octanol–water partition coefficient (Wildman–Crippen LogP) is 6.94. The molecule has 0 saturated heterocycles. The van der Waals surface area contributed by atoms with Gasteiger partial charge in [-0.15, -0.1) is 0 Å². The Hall–Kier alpha value is -1.98. The standard InChI is InChI=1S/C26H36O4S/c1-3-5-7-8-9-10-20-29-23-14-12-22(13-15-23)26(27)30-24-16-18-25(19-17-24)31(28)21-11-6-4-2/h12-19H,3-11,20-21H2,1-2H3. The second-order valence-electron chi connectivity index (χ2n) is 7.76. The number of ether oxygens (including phenoxy) is 2. The van der Waals surface area contributed by atoms with Crippen LogP contribution in [0, 0.1) is 0 Å². The molecule has 1 unspecified atom stereocenters. The Morgan fingerprint density at radius 3 is 2.03 bits per heavy atom. The minimum Gasteiger partial charge on any atom is -0.611 e. The van der Waals surface area contributed by atoms with Gasteiger partial charge < -0.3 is 14.0 Å². The minimum atomic E-state index is -1.01. The average molecular weight is 445 g/mol. The second-order valence-corrected chi connectivity index (χ2v) is 9.33. The van der Waals surface area contributed by atoms with Crippen LogP contribution in [0.1, 0.15) is 82.0 Å². The molecule has 4 nitrogen and oxygen atoms in total. The third-order valence-corrected chi connectivity index (χ3v) is 6.54. The molecule has 0 amide bonds. The molecule has 0 aliphatic carbocycles. The Kier molecular flexibility index (Phi) is 12.2. The van der Waals surface area contributed by atoms with Crippen molar-refractivity contribution in [3.05, 3.63) is 54.1 Å². The Bertz CT molecular complexity index is 743. The second kappa shape index (κ2) is 14.9. The van der Waals surface area contributed by atoms with Gasteiger partial charge in [0.2, 0.25) is 0 Å². The fourth-order valence-electron chi connectivity index (χ4n) is 3.19. The first-order chi connectivity index (χ1) is 15.1. The molecule has 170 valence electrons. The van der Waals surface area contributed by atoms with Crippen LogP contribution >= 0.6 is 0 Å². The number of esters is 1. The van der Waals surface area contributed by atoms with Crippen molar-refractivity contribution in [2.45, 2.75) is 76.5 Å². The van der Waals surface area contributed by atoms with Crippen LogP contribution < -0.4 is 9.47 Å². The number of rotatable bonds is 15. The van der Waals surface area contributed by atoms with E-state index in [1.807, 2.05) is 0 Å². The molecule has 31 heavy (non-hydrogen) atoms. The minimum absolute atomic E-state index is 0.417. The van der Waals surface area contributed by atoms with Crippen LogP contribution in [0.5, 0.6) is 11.5 Å². The maximum atomic E-state index is 12.4. The molecular formula is C26H36O4S. The Labute approximate surface area is 190 Å². The first-order valence-electron chi connectivity index (χ1n) is 11.6. The van der Waals surface area contributed by atoms with Gasteiger partial charge in [-0.2, -0.15) is 0 Å². The zero-order valence-corrected chi connectivity index (χ0v) is 19.8. The molecule has 5 heteroatoms. The van der Waals surface area contributed by atoms with Crippen LogP contribution in [-0.4, -0.2) is 22.9 Å². The third kappa shape index (κ3) is 9.79. The summed E-state index contributed by atoms with van der Waals surface area (Å²) in [5.41, 5.74) is 0.471. The zero-order chi connectivity index (χ0) is 22.3. The molecule has 1 atom stereocenters. The summed E-state index contributed by atoms with van der Waals surface area (Å²) in [7, 11) is 0. The van der Waals surface area contributed by atoms with E-state index >= 15 is 0 Å². The van der Waals surface area contributed by atoms with Crippen LogP contribution in [0.25, 0.3) is 0 Å². The van der Waals surface area contributed by atoms with Crippen molar-refractivity contribution < 1.29 is 18.8 Å². The normalized spacial score (nSPS) is 11.8. The first kappa shape index (κ1) is 25.3. The number of benzene rings is 2. The van der Waals surface area contributed by atoms with Gasteiger partial charge in [0.25, 0.3) is 0 Å². The lowest BCUT2D eigenvalue weighted by Gasteiger charge is -2.11. The molecule has 0 saturated carbocycles. The van der Waals surface area contributed by atoms with Crippen molar-refractivity contribution in [1.82, 2.24) is 0 Å². The molecule has 0 aromatic heterocycles. The van der Waals surface area contributed by atoms with Crippen LogP contribution in [0.3, 0.4) is 0 Å². The molecule has 2 rings (SSSR count). The lowest BCUT2D eigenvalue weighted by Crippen LogP contribution is -2.09. The van der Waals surface area contributed by atoms with E-state index in [2.05, 4.69) is 13.8 Å². The summed E-state index contributed by atoms with van der Waals surface area (Å²) >= 11 is -1.01. The maximum Gasteiger partial charge on any atom is 0.343 e. The Morgan fingerprint density at radius 1 is 0.774 bits per heavy atom. The van der Waals surface area contributed by atoms with Crippen molar-refractivity contribution >= 4 is 17.1 Å². The highest BCUT2D eigenvalue weighted by Gasteiger charge is 2.13. The first-order valence-corrected chi connectivity index (χ1v) is 12.9. The number of carbonyl (C=O) groups excluding carboxylic acids is 1. The van der Waals surface area contributed by atoms with Crippen molar-refractivity contribution in [3.8, 4) is 11.5 Å². The fraction of sp³-hybridized carbons (Fsp3) is 0.500. The largest absolute Gasteiger partial charge is 0.611 e. The van der Waals surface area contributed by atoms with Gasteiger partial charge in [0.05, 0.1) is 12.2 Å². The van der Waals surface area contributed by atoms with Crippen molar-refractivity contribution in [2.24, 2.45) is 0 Å². The molecule has 0 radical (unpaired) electrons. The van der Waals surface area contributed by atoms with Crippen LogP contribution in [-0.2, 0) is 11.2 Å². The van der Waals surface area contributed by atoms with Gasteiger partial charge in [-0.3, -0.25) is 0 Å². The zero-order valence-electron chi connectivity index (χ0n) is 18.9. The van der Waals surface area contributed by atoms with Crippen molar-refractivity contribution in [3.63, 3.8) is 0 Å². The molecule has 0 bridgehead atoms. The lowest BCUT2D eigenvalue weighted by molar-refractivity contribution is 0.0734.